The highest BCUT2D eigenvalue weighted by Crippen LogP contribution is 2.30. The molecule has 2 aliphatic rings. The van der Waals surface area contributed by atoms with Crippen LogP contribution in [0.4, 0.5) is 5.69 Å². The largest absolute Gasteiger partial charge is 0.490 e. The molecular weight excluding hydrogens is 452 g/mol. The van der Waals surface area contributed by atoms with E-state index in [-0.39, 0.29) is 10.5 Å². The van der Waals surface area contributed by atoms with Gasteiger partial charge in [0.1, 0.15) is 0 Å². The molecule has 1 amide bonds. The molecule has 0 unspecified atom stereocenters. The molecule has 1 saturated heterocycles. The molecule has 33 heavy (non-hydrogen) atoms. The SMILES string of the molecule is O=C(COC(=O)c1ccc2c(c1)OCCCO2)Nc1ccc(S(=O)(=O)N2CCOCC2)cc1. The highest BCUT2D eigenvalue weighted by molar-refractivity contribution is 7.89. The first-order valence-electron chi connectivity index (χ1n) is 10.5. The summed E-state index contributed by atoms with van der Waals surface area (Å²) in [7, 11) is -3.62. The second-order valence-electron chi connectivity index (χ2n) is 7.38. The molecule has 11 heteroatoms. The number of anilines is 1. The Bertz CT molecular complexity index is 1110. The number of nitrogens with zero attached hydrogens (tertiary/aromatic N) is 1. The van der Waals surface area contributed by atoms with E-state index in [0.717, 1.165) is 6.42 Å². The van der Waals surface area contributed by atoms with E-state index in [2.05, 4.69) is 5.32 Å². The van der Waals surface area contributed by atoms with Crippen molar-refractivity contribution in [1.29, 1.82) is 0 Å². The molecule has 0 saturated carbocycles. The molecule has 0 radical (unpaired) electrons. The van der Waals surface area contributed by atoms with Gasteiger partial charge in [0, 0.05) is 25.2 Å². The lowest BCUT2D eigenvalue weighted by Gasteiger charge is -2.26. The summed E-state index contributed by atoms with van der Waals surface area (Å²) < 4.78 is 48.0. The molecule has 0 atom stereocenters. The van der Waals surface area contributed by atoms with Crippen LogP contribution in [0.1, 0.15) is 16.8 Å². The third-order valence-corrected chi connectivity index (χ3v) is 6.98. The van der Waals surface area contributed by atoms with Crippen LogP contribution < -0.4 is 14.8 Å². The number of carbonyl (C=O) groups excluding carboxylic acids is 2. The Hall–Kier alpha value is -3.15. The van der Waals surface area contributed by atoms with Crippen LogP contribution >= 0.6 is 0 Å². The van der Waals surface area contributed by atoms with Gasteiger partial charge < -0.3 is 24.3 Å². The minimum atomic E-state index is -3.62. The van der Waals surface area contributed by atoms with Gasteiger partial charge in [0.15, 0.2) is 18.1 Å². The first-order chi connectivity index (χ1) is 15.9. The zero-order valence-corrected chi connectivity index (χ0v) is 18.6. The van der Waals surface area contributed by atoms with Gasteiger partial charge in [-0.3, -0.25) is 4.79 Å². The van der Waals surface area contributed by atoms with Crippen molar-refractivity contribution in [2.45, 2.75) is 11.3 Å². The summed E-state index contributed by atoms with van der Waals surface area (Å²) in [6.45, 7) is 1.85. The van der Waals surface area contributed by atoms with Crippen LogP contribution in [0, 0.1) is 0 Å². The molecule has 4 rings (SSSR count). The number of esters is 1. The van der Waals surface area contributed by atoms with Gasteiger partial charge >= 0.3 is 5.97 Å². The van der Waals surface area contributed by atoms with Crippen LogP contribution in [0.25, 0.3) is 0 Å². The number of ether oxygens (including phenoxy) is 4. The number of hydrogen-bond donors (Lipinski definition) is 1. The Morgan fingerprint density at radius 2 is 1.64 bits per heavy atom. The second-order valence-corrected chi connectivity index (χ2v) is 9.32. The van der Waals surface area contributed by atoms with E-state index in [1.165, 1.54) is 34.6 Å². The number of carbonyl (C=O) groups is 2. The van der Waals surface area contributed by atoms with Gasteiger partial charge in [-0.25, -0.2) is 13.2 Å². The number of morpholine rings is 1. The Morgan fingerprint density at radius 1 is 0.939 bits per heavy atom. The van der Waals surface area contributed by atoms with Crippen molar-refractivity contribution in [3.8, 4) is 11.5 Å². The fraction of sp³-hybridized carbons (Fsp3) is 0.364. The molecule has 2 aromatic rings. The lowest BCUT2D eigenvalue weighted by atomic mass is 10.2. The zero-order chi connectivity index (χ0) is 23.3. The van der Waals surface area contributed by atoms with Crippen molar-refractivity contribution >= 4 is 27.6 Å². The molecule has 10 nitrogen and oxygen atoms in total. The number of hydrogen-bond acceptors (Lipinski definition) is 8. The maximum absolute atomic E-state index is 12.7. The number of fused-ring (bicyclic) bond motifs is 1. The quantitative estimate of drug-likeness (QED) is 0.625. The summed E-state index contributed by atoms with van der Waals surface area (Å²) in [5.41, 5.74) is 0.622. The van der Waals surface area contributed by atoms with E-state index in [0.29, 0.717) is 56.7 Å². The summed E-state index contributed by atoms with van der Waals surface area (Å²) in [5, 5.41) is 2.58. The van der Waals surface area contributed by atoms with Crippen molar-refractivity contribution in [2.75, 3.05) is 51.4 Å². The molecular formula is C22H24N2O8S. The second kappa shape index (κ2) is 10.2. The van der Waals surface area contributed by atoms with Crippen molar-refractivity contribution < 1.29 is 37.0 Å². The molecule has 2 aliphatic heterocycles. The van der Waals surface area contributed by atoms with Gasteiger partial charge in [-0.1, -0.05) is 0 Å². The molecule has 1 N–H and O–H groups in total. The predicted octanol–water partition coefficient (Wildman–Crippen LogP) is 1.66. The molecule has 1 fully saturated rings. The van der Waals surface area contributed by atoms with Crippen molar-refractivity contribution in [1.82, 2.24) is 4.31 Å². The van der Waals surface area contributed by atoms with E-state index in [1.807, 2.05) is 0 Å². The van der Waals surface area contributed by atoms with E-state index in [4.69, 9.17) is 18.9 Å². The zero-order valence-electron chi connectivity index (χ0n) is 17.8. The van der Waals surface area contributed by atoms with Crippen LogP contribution in [0.5, 0.6) is 11.5 Å². The van der Waals surface area contributed by atoms with E-state index < -0.39 is 28.5 Å². The van der Waals surface area contributed by atoms with Crippen LogP contribution in [0.2, 0.25) is 0 Å². The lowest BCUT2D eigenvalue weighted by Crippen LogP contribution is -2.40. The molecule has 176 valence electrons. The standard InChI is InChI=1S/C22H24N2O8S/c25-21(15-32-22(26)16-2-7-19-20(14-16)31-11-1-10-30-19)23-17-3-5-18(6-4-17)33(27,28)24-8-12-29-13-9-24/h2-7,14H,1,8-13,15H2,(H,23,25). The topological polar surface area (TPSA) is 120 Å². The normalized spacial score (nSPS) is 16.5. The molecule has 0 aliphatic carbocycles. The van der Waals surface area contributed by atoms with Gasteiger partial charge in [0.25, 0.3) is 5.91 Å². The van der Waals surface area contributed by atoms with E-state index in [9.17, 15) is 18.0 Å². The average Bonchev–Trinajstić information content (AvgIpc) is 3.08. The Balaban J connectivity index is 1.31. The van der Waals surface area contributed by atoms with Crippen LogP contribution in [0.15, 0.2) is 47.4 Å². The number of nitrogens with one attached hydrogen (secondary N) is 1. The van der Waals surface area contributed by atoms with Crippen molar-refractivity contribution in [2.24, 2.45) is 0 Å². The van der Waals surface area contributed by atoms with E-state index in [1.54, 1.807) is 12.1 Å². The maximum Gasteiger partial charge on any atom is 0.338 e. The highest BCUT2D eigenvalue weighted by atomic mass is 32.2. The lowest BCUT2D eigenvalue weighted by molar-refractivity contribution is -0.119. The summed E-state index contributed by atoms with van der Waals surface area (Å²) >= 11 is 0. The average molecular weight is 477 g/mol. The predicted molar refractivity (Wildman–Crippen MR) is 117 cm³/mol. The number of rotatable bonds is 6. The van der Waals surface area contributed by atoms with Gasteiger partial charge in [-0.15, -0.1) is 0 Å². The minimum Gasteiger partial charge on any atom is -0.490 e. The highest BCUT2D eigenvalue weighted by Gasteiger charge is 2.26. The maximum atomic E-state index is 12.7. The van der Waals surface area contributed by atoms with Gasteiger partial charge in [-0.2, -0.15) is 4.31 Å². The Morgan fingerprint density at radius 3 is 2.36 bits per heavy atom. The smallest absolute Gasteiger partial charge is 0.338 e. The molecule has 2 aromatic carbocycles. The van der Waals surface area contributed by atoms with Gasteiger partial charge in [-0.05, 0) is 42.5 Å². The fourth-order valence-electron chi connectivity index (χ4n) is 3.35. The first-order valence-corrected chi connectivity index (χ1v) is 11.9. The summed E-state index contributed by atoms with van der Waals surface area (Å²) in [4.78, 5) is 24.6. The van der Waals surface area contributed by atoms with Crippen molar-refractivity contribution in [3.05, 3.63) is 48.0 Å². The molecule has 0 spiro atoms. The Labute approximate surface area is 191 Å². The van der Waals surface area contributed by atoms with Gasteiger partial charge in [0.2, 0.25) is 10.0 Å². The molecule has 0 aromatic heterocycles. The summed E-state index contributed by atoms with van der Waals surface area (Å²) in [5.74, 6) is -0.214. The van der Waals surface area contributed by atoms with Crippen molar-refractivity contribution in [3.63, 3.8) is 0 Å². The van der Waals surface area contributed by atoms with Crippen LogP contribution in [0.3, 0.4) is 0 Å². The number of amides is 1. The fourth-order valence-corrected chi connectivity index (χ4v) is 4.76. The summed E-state index contributed by atoms with van der Waals surface area (Å²) in [6, 6.07) is 10.5. The number of sulfonamides is 1. The van der Waals surface area contributed by atoms with Crippen LogP contribution in [-0.4, -0.2) is 70.7 Å². The Kier molecular flexibility index (Phi) is 7.11. The minimum absolute atomic E-state index is 0.128. The van der Waals surface area contributed by atoms with Gasteiger partial charge in [0.05, 0.1) is 36.9 Å². The monoisotopic (exact) mass is 476 g/mol. The number of benzene rings is 2. The third kappa shape index (κ3) is 5.62. The molecule has 2 heterocycles. The van der Waals surface area contributed by atoms with E-state index >= 15 is 0 Å². The third-order valence-electron chi connectivity index (χ3n) is 5.06. The van der Waals surface area contributed by atoms with Crippen LogP contribution in [-0.2, 0) is 24.3 Å². The molecule has 0 bridgehead atoms. The first kappa shape index (κ1) is 23.0. The summed E-state index contributed by atoms with van der Waals surface area (Å²) in [6.07, 6.45) is 0.745.